The van der Waals surface area contributed by atoms with Crippen LogP contribution < -0.4 is 5.73 Å². The lowest BCUT2D eigenvalue weighted by molar-refractivity contribution is -0.268. The Balaban J connectivity index is 2.44. The van der Waals surface area contributed by atoms with Crippen LogP contribution in [0.5, 0.6) is 0 Å². The van der Waals surface area contributed by atoms with Gasteiger partial charge in [-0.2, -0.15) is 0 Å². The number of aliphatic hydroxyl groups excluding tert-OH is 2. The van der Waals surface area contributed by atoms with E-state index >= 15 is 0 Å². The molecular formula is C13H25NO7. The quantitative estimate of drug-likeness (QED) is 0.376. The molecule has 1 saturated heterocycles. The summed E-state index contributed by atoms with van der Waals surface area (Å²) in [4.78, 5) is 10.8. The number of aliphatic hydroxyl groups is 2. The summed E-state index contributed by atoms with van der Waals surface area (Å²) in [5.74, 6) is -0.499. The van der Waals surface area contributed by atoms with Crippen LogP contribution in [0.15, 0.2) is 0 Å². The number of esters is 1. The van der Waals surface area contributed by atoms with Crippen molar-refractivity contribution in [3.05, 3.63) is 0 Å². The van der Waals surface area contributed by atoms with Gasteiger partial charge in [-0.25, -0.2) is 0 Å². The molecule has 0 aromatic heterocycles. The molecule has 0 bridgehead atoms. The van der Waals surface area contributed by atoms with Gasteiger partial charge in [-0.1, -0.05) is 6.92 Å². The minimum absolute atomic E-state index is 0.174. The molecule has 1 aliphatic heterocycles. The number of carbonyl (C=O) groups is 1. The van der Waals surface area contributed by atoms with E-state index in [0.29, 0.717) is 13.2 Å². The van der Waals surface area contributed by atoms with Crippen LogP contribution in [0.2, 0.25) is 0 Å². The highest BCUT2D eigenvalue weighted by atomic mass is 16.7. The van der Waals surface area contributed by atoms with Crippen LogP contribution in [-0.4, -0.2) is 73.3 Å². The van der Waals surface area contributed by atoms with Gasteiger partial charge < -0.3 is 34.9 Å². The van der Waals surface area contributed by atoms with Gasteiger partial charge in [-0.3, -0.25) is 4.79 Å². The fourth-order valence-electron chi connectivity index (χ4n) is 1.91. The Morgan fingerprint density at radius 3 is 2.57 bits per heavy atom. The maximum Gasteiger partial charge on any atom is 0.302 e. The maximum atomic E-state index is 10.8. The first-order valence-electron chi connectivity index (χ1n) is 7.07. The average molecular weight is 307 g/mol. The number of hydrogen-bond acceptors (Lipinski definition) is 8. The molecule has 0 radical (unpaired) electrons. The predicted molar refractivity (Wildman–Crippen MR) is 72.3 cm³/mol. The van der Waals surface area contributed by atoms with Gasteiger partial charge in [0.1, 0.15) is 24.9 Å². The van der Waals surface area contributed by atoms with Gasteiger partial charge in [0.05, 0.1) is 19.3 Å². The summed E-state index contributed by atoms with van der Waals surface area (Å²) in [5, 5.41) is 19.7. The van der Waals surface area contributed by atoms with Gasteiger partial charge >= 0.3 is 5.97 Å². The zero-order valence-corrected chi connectivity index (χ0v) is 12.4. The molecular weight excluding hydrogens is 282 g/mol. The summed E-state index contributed by atoms with van der Waals surface area (Å²) in [5.41, 5.74) is 5.76. The van der Waals surface area contributed by atoms with Gasteiger partial charge in [0.2, 0.25) is 0 Å². The summed E-state index contributed by atoms with van der Waals surface area (Å²) in [6.45, 7) is 4.34. The Morgan fingerprint density at radius 1 is 1.24 bits per heavy atom. The number of nitrogens with two attached hydrogens (primary N) is 1. The molecule has 8 heteroatoms. The predicted octanol–water partition coefficient (Wildman–Crippen LogP) is -1.23. The summed E-state index contributed by atoms with van der Waals surface area (Å²) < 4.78 is 20.9. The van der Waals surface area contributed by atoms with Crippen LogP contribution in [0, 0.1) is 0 Å². The molecule has 0 aliphatic carbocycles. The van der Waals surface area contributed by atoms with Crippen LogP contribution >= 0.6 is 0 Å². The molecule has 1 rings (SSSR count). The number of carbonyl (C=O) groups excluding carboxylic acids is 1. The fourth-order valence-corrected chi connectivity index (χ4v) is 1.91. The first-order valence-corrected chi connectivity index (χ1v) is 7.07. The lowest BCUT2D eigenvalue weighted by Crippen LogP contribution is -2.62. The van der Waals surface area contributed by atoms with Crippen molar-refractivity contribution in [2.75, 3.05) is 26.4 Å². The van der Waals surface area contributed by atoms with Crippen LogP contribution in [-0.2, 0) is 23.7 Å². The van der Waals surface area contributed by atoms with Crippen LogP contribution in [0.25, 0.3) is 0 Å². The van der Waals surface area contributed by atoms with E-state index in [2.05, 4.69) is 0 Å². The minimum atomic E-state index is -1.24. The molecule has 0 amide bonds. The Bertz CT molecular complexity index is 315. The highest BCUT2D eigenvalue weighted by molar-refractivity contribution is 5.65. The third kappa shape index (κ3) is 5.85. The highest BCUT2D eigenvalue weighted by Crippen LogP contribution is 2.21. The van der Waals surface area contributed by atoms with Gasteiger partial charge in [-0.05, 0) is 6.42 Å². The van der Waals surface area contributed by atoms with Gasteiger partial charge in [0.25, 0.3) is 0 Å². The Kier molecular flexibility index (Phi) is 8.09. The first kappa shape index (κ1) is 18.3. The number of ether oxygens (including phenoxy) is 4. The van der Waals surface area contributed by atoms with Gasteiger partial charge in [0, 0.05) is 13.5 Å². The second-order valence-corrected chi connectivity index (χ2v) is 4.89. The fraction of sp³-hybridized carbons (Fsp3) is 0.923. The molecule has 0 aromatic rings. The third-order valence-electron chi connectivity index (χ3n) is 3.06. The average Bonchev–Trinajstić information content (AvgIpc) is 2.45. The van der Waals surface area contributed by atoms with E-state index in [4.69, 9.17) is 24.7 Å². The molecule has 124 valence electrons. The molecule has 0 aromatic carbocycles. The summed E-state index contributed by atoms with van der Waals surface area (Å²) in [7, 11) is 0. The molecule has 0 saturated carbocycles. The van der Waals surface area contributed by atoms with Crippen molar-refractivity contribution in [1.29, 1.82) is 0 Å². The summed E-state index contributed by atoms with van der Waals surface area (Å²) in [6, 6.07) is -0.889. The SMILES string of the molecule is CCCOCCOC1OC(COC(C)=O)C(O)C(O)C1N. The topological polar surface area (TPSA) is 120 Å². The first-order chi connectivity index (χ1) is 9.97. The molecule has 1 fully saturated rings. The van der Waals surface area contributed by atoms with Crippen molar-refractivity contribution in [2.24, 2.45) is 5.73 Å². The van der Waals surface area contributed by atoms with E-state index in [9.17, 15) is 15.0 Å². The van der Waals surface area contributed by atoms with Gasteiger partial charge in [-0.15, -0.1) is 0 Å². The molecule has 4 N–H and O–H groups in total. The van der Waals surface area contributed by atoms with E-state index in [1.165, 1.54) is 6.92 Å². The highest BCUT2D eigenvalue weighted by Gasteiger charge is 2.43. The Labute approximate surface area is 124 Å². The van der Waals surface area contributed by atoms with E-state index in [1.807, 2.05) is 6.92 Å². The second kappa shape index (κ2) is 9.29. The number of hydrogen-bond donors (Lipinski definition) is 3. The summed E-state index contributed by atoms with van der Waals surface area (Å²) >= 11 is 0. The maximum absolute atomic E-state index is 10.8. The number of rotatable bonds is 8. The van der Waals surface area contributed by atoms with Crippen molar-refractivity contribution in [1.82, 2.24) is 0 Å². The van der Waals surface area contributed by atoms with Gasteiger partial charge in [0.15, 0.2) is 6.29 Å². The van der Waals surface area contributed by atoms with Crippen molar-refractivity contribution in [2.45, 2.75) is 50.9 Å². The normalized spacial score (nSPS) is 32.9. The van der Waals surface area contributed by atoms with Crippen LogP contribution in [0.3, 0.4) is 0 Å². The molecule has 5 unspecified atom stereocenters. The van der Waals surface area contributed by atoms with Crippen molar-refractivity contribution in [3.63, 3.8) is 0 Å². The zero-order valence-electron chi connectivity index (χ0n) is 12.4. The summed E-state index contributed by atoms with van der Waals surface area (Å²) in [6.07, 6.45) is -3.33. The third-order valence-corrected chi connectivity index (χ3v) is 3.06. The lowest BCUT2D eigenvalue weighted by Gasteiger charge is -2.40. The molecule has 1 heterocycles. The molecule has 0 spiro atoms. The minimum Gasteiger partial charge on any atom is -0.463 e. The largest absolute Gasteiger partial charge is 0.463 e. The monoisotopic (exact) mass is 307 g/mol. The van der Waals surface area contributed by atoms with E-state index < -0.39 is 36.6 Å². The van der Waals surface area contributed by atoms with E-state index in [-0.39, 0.29) is 13.2 Å². The van der Waals surface area contributed by atoms with Crippen LogP contribution in [0.1, 0.15) is 20.3 Å². The Morgan fingerprint density at radius 2 is 1.95 bits per heavy atom. The zero-order chi connectivity index (χ0) is 15.8. The second-order valence-electron chi connectivity index (χ2n) is 4.89. The smallest absolute Gasteiger partial charge is 0.302 e. The Hall–Kier alpha value is -0.770. The molecule has 8 nitrogen and oxygen atoms in total. The lowest BCUT2D eigenvalue weighted by atomic mass is 9.98. The molecule has 1 aliphatic rings. The standard InChI is InChI=1S/C13H25NO7/c1-3-4-18-5-6-19-13-10(14)12(17)11(16)9(21-13)7-20-8(2)15/h9-13,16-17H,3-7,14H2,1-2H3. The van der Waals surface area contributed by atoms with Crippen molar-refractivity contribution >= 4 is 5.97 Å². The van der Waals surface area contributed by atoms with E-state index in [1.54, 1.807) is 0 Å². The molecule has 21 heavy (non-hydrogen) atoms. The van der Waals surface area contributed by atoms with Crippen LogP contribution in [0.4, 0.5) is 0 Å². The van der Waals surface area contributed by atoms with Crippen molar-refractivity contribution < 1.29 is 34.0 Å². The van der Waals surface area contributed by atoms with Crippen molar-refractivity contribution in [3.8, 4) is 0 Å². The molecule has 5 atom stereocenters. The van der Waals surface area contributed by atoms with E-state index in [0.717, 1.165) is 6.42 Å².